The number of hydrogen-bond acceptors (Lipinski definition) is 2. The molecule has 0 aromatic heterocycles. The molecule has 1 aromatic carbocycles. The molecule has 1 saturated carbocycles. The van der Waals surface area contributed by atoms with Gasteiger partial charge in [0.15, 0.2) is 0 Å². The van der Waals surface area contributed by atoms with Crippen molar-refractivity contribution >= 4 is 0 Å². The largest absolute Gasteiger partial charge is 0.486 e. The monoisotopic (exact) mass is 245 g/mol. The van der Waals surface area contributed by atoms with Crippen LogP contribution in [0.25, 0.3) is 0 Å². The van der Waals surface area contributed by atoms with Crippen molar-refractivity contribution in [2.24, 2.45) is 0 Å². The average molecular weight is 245 g/mol. The van der Waals surface area contributed by atoms with Gasteiger partial charge in [-0.25, -0.2) is 0 Å². The minimum Gasteiger partial charge on any atom is -0.486 e. The van der Waals surface area contributed by atoms with Gasteiger partial charge >= 0.3 is 0 Å². The van der Waals surface area contributed by atoms with E-state index in [0.717, 1.165) is 12.3 Å². The molecule has 1 fully saturated rings. The Bertz CT molecular complexity index is 417. The highest BCUT2D eigenvalue weighted by Gasteiger charge is 2.48. The Kier molecular flexibility index (Phi) is 3.29. The first-order chi connectivity index (χ1) is 8.86. The van der Waals surface area contributed by atoms with Gasteiger partial charge in [0.05, 0.1) is 0 Å². The Hall–Kier alpha value is -1.02. The number of ether oxygens (including phenoxy) is 1. The van der Waals surface area contributed by atoms with Gasteiger partial charge in [0, 0.05) is 11.5 Å². The lowest BCUT2D eigenvalue weighted by atomic mass is 9.71. The fourth-order valence-corrected chi connectivity index (χ4v) is 3.77. The van der Waals surface area contributed by atoms with Crippen LogP contribution in [0.3, 0.4) is 0 Å². The molecule has 18 heavy (non-hydrogen) atoms. The molecule has 0 radical (unpaired) electrons. The van der Waals surface area contributed by atoms with Gasteiger partial charge in [0.25, 0.3) is 0 Å². The first kappa shape index (κ1) is 12.0. The maximum Gasteiger partial charge on any atom is 0.123 e. The highest BCUT2D eigenvalue weighted by molar-refractivity contribution is 5.43. The average Bonchev–Trinajstić information content (AvgIpc) is 2.73. The Labute approximate surface area is 110 Å². The molecule has 0 saturated heterocycles. The molecule has 1 aliphatic heterocycles. The SMILES string of the molecule is CNCCCC12CCCCC1c1ccccc1O2. The van der Waals surface area contributed by atoms with Crippen LogP contribution in [0.5, 0.6) is 5.75 Å². The highest BCUT2D eigenvalue weighted by atomic mass is 16.5. The van der Waals surface area contributed by atoms with Crippen molar-refractivity contribution in [3.63, 3.8) is 0 Å². The molecule has 98 valence electrons. The first-order valence-corrected chi connectivity index (χ1v) is 7.28. The molecule has 1 aromatic rings. The highest BCUT2D eigenvalue weighted by Crippen LogP contribution is 2.53. The van der Waals surface area contributed by atoms with Gasteiger partial charge in [0.1, 0.15) is 11.4 Å². The predicted octanol–water partition coefficient (Wildman–Crippen LogP) is 3.48. The van der Waals surface area contributed by atoms with E-state index in [1.54, 1.807) is 0 Å². The van der Waals surface area contributed by atoms with E-state index < -0.39 is 0 Å². The van der Waals surface area contributed by atoms with Gasteiger partial charge in [-0.3, -0.25) is 0 Å². The summed E-state index contributed by atoms with van der Waals surface area (Å²) in [6.07, 6.45) is 7.61. The molecule has 0 bridgehead atoms. The summed E-state index contributed by atoms with van der Waals surface area (Å²) in [7, 11) is 2.03. The quantitative estimate of drug-likeness (QED) is 0.820. The summed E-state index contributed by atoms with van der Waals surface area (Å²) >= 11 is 0. The van der Waals surface area contributed by atoms with Crippen LogP contribution in [-0.2, 0) is 0 Å². The minimum absolute atomic E-state index is 0.110. The zero-order valence-electron chi connectivity index (χ0n) is 11.2. The fourth-order valence-electron chi connectivity index (χ4n) is 3.77. The predicted molar refractivity (Wildman–Crippen MR) is 74.2 cm³/mol. The van der Waals surface area contributed by atoms with Gasteiger partial charge < -0.3 is 10.1 Å². The third kappa shape index (κ3) is 1.93. The molecule has 2 aliphatic rings. The van der Waals surface area contributed by atoms with Crippen LogP contribution in [0.1, 0.15) is 50.0 Å². The van der Waals surface area contributed by atoms with Crippen molar-refractivity contribution in [2.45, 2.75) is 50.0 Å². The summed E-state index contributed by atoms with van der Waals surface area (Å²) in [6, 6.07) is 8.66. The van der Waals surface area contributed by atoms with Crippen molar-refractivity contribution < 1.29 is 4.74 Å². The van der Waals surface area contributed by atoms with E-state index in [0.29, 0.717) is 5.92 Å². The first-order valence-electron chi connectivity index (χ1n) is 7.28. The van der Waals surface area contributed by atoms with E-state index in [1.807, 2.05) is 7.05 Å². The standard InChI is InChI=1S/C16H23NO/c1-17-12-6-11-16-10-5-4-8-14(16)13-7-2-3-9-15(13)18-16/h2-3,7,9,14,17H,4-6,8,10-12H2,1H3. The molecular weight excluding hydrogens is 222 g/mol. The summed E-state index contributed by atoms with van der Waals surface area (Å²) in [5.74, 6) is 1.79. The fraction of sp³-hybridized carbons (Fsp3) is 0.625. The third-order valence-electron chi connectivity index (χ3n) is 4.61. The second-order valence-corrected chi connectivity index (χ2v) is 5.71. The van der Waals surface area contributed by atoms with E-state index >= 15 is 0 Å². The Morgan fingerprint density at radius 3 is 3.11 bits per heavy atom. The van der Waals surface area contributed by atoms with E-state index in [4.69, 9.17) is 4.74 Å². The molecule has 1 N–H and O–H groups in total. The number of benzene rings is 1. The molecule has 1 heterocycles. The summed E-state index contributed by atoms with van der Waals surface area (Å²) in [5, 5.41) is 3.25. The Morgan fingerprint density at radius 1 is 1.33 bits per heavy atom. The van der Waals surface area contributed by atoms with Gasteiger partial charge in [0.2, 0.25) is 0 Å². The van der Waals surface area contributed by atoms with Crippen molar-refractivity contribution in [3.8, 4) is 5.75 Å². The molecule has 0 spiro atoms. The second kappa shape index (κ2) is 4.93. The summed E-state index contributed by atoms with van der Waals surface area (Å²) in [5.41, 5.74) is 1.57. The van der Waals surface area contributed by atoms with E-state index in [9.17, 15) is 0 Å². The van der Waals surface area contributed by atoms with Crippen LogP contribution < -0.4 is 10.1 Å². The summed E-state index contributed by atoms with van der Waals surface area (Å²) in [4.78, 5) is 0. The molecule has 2 heteroatoms. The van der Waals surface area contributed by atoms with Crippen LogP contribution in [0.2, 0.25) is 0 Å². The lowest BCUT2D eigenvalue weighted by Crippen LogP contribution is -2.41. The molecule has 2 unspecified atom stereocenters. The number of hydrogen-bond donors (Lipinski definition) is 1. The zero-order valence-corrected chi connectivity index (χ0v) is 11.2. The summed E-state index contributed by atoms with van der Waals surface area (Å²) in [6.45, 7) is 1.09. The van der Waals surface area contributed by atoms with Crippen LogP contribution in [-0.4, -0.2) is 19.2 Å². The Morgan fingerprint density at radius 2 is 2.22 bits per heavy atom. The lowest BCUT2D eigenvalue weighted by molar-refractivity contribution is 0.0256. The maximum absolute atomic E-state index is 6.42. The topological polar surface area (TPSA) is 21.3 Å². The molecule has 0 amide bonds. The van der Waals surface area contributed by atoms with E-state index in [1.165, 1.54) is 44.1 Å². The van der Waals surface area contributed by atoms with Gasteiger partial charge in [-0.15, -0.1) is 0 Å². The maximum atomic E-state index is 6.42. The van der Waals surface area contributed by atoms with Crippen LogP contribution in [0.15, 0.2) is 24.3 Å². The minimum atomic E-state index is 0.110. The number of nitrogens with one attached hydrogen (secondary N) is 1. The van der Waals surface area contributed by atoms with Crippen molar-refractivity contribution in [1.29, 1.82) is 0 Å². The molecule has 1 aliphatic carbocycles. The van der Waals surface area contributed by atoms with Gasteiger partial charge in [-0.2, -0.15) is 0 Å². The summed E-state index contributed by atoms with van der Waals surface area (Å²) < 4.78 is 6.42. The third-order valence-corrected chi connectivity index (χ3v) is 4.61. The smallest absolute Gasteiger partial charge is 0.123 e. The van der Waals surface area contributed by atoms with Crippen LogP contribution in [0.4, 0.5) is 0 Å². The molecule has 2 atom stereocenters. The molecular formula is C16H23NO. The molecule has 3 rings (SSSR count). The van der Waals surface area contributed by atoms with E-state index in [-0.39, 0.29) is 5.60 Å². The van der Waals surface area contributed by atoms with Crippen molar-refractivity contribution in [2.75, 3.05) is 13.6 Å². The van der Waals surface area contributed by atoms with Crippen molar-refractivity contribution in [1.82, 2.24) is 5.32 Å². The van der Waals surface area contributed by atoms with Crippen molar-refractivity contribution in [3.05, 3.63) is 29.8 Å². The van der Waals surface area contributed by atoms with Crippen LogP contribution >= 0.6 is 0 Å². The lowest BCUT2D eigenvalue weighted by Gasteiger charge is -2.38. The van der Waals surface area contributed by atoms with Gasteiger partial charge in [-0.05, 0) is 51.8 Å². The van der Waals surface area contributed by atoms with Gasteiger partial charge in [-0.1, -0.05) is 24.6 Å². The van der Waals surface area contributed by atoms with Crippen LogP contribution in [0, 0.1) is 0 Å². The zero-order chi connectivity index (χ0) is 12.4. The number of rotatable bonds is 4. The number of fused-ring (bicyclic) bond motifs is 3. The second-order valence-electron chi connectivity index (χ2n) is 5.71. The van der Waals surface area contributed by atoms with E-state index in [2.05, 4.69) is 29.6 Å². The molecule has 2 nitrogen and oxygen atoms in total. The Balaban J connectivity index is 1.84. The number of para-hydroxylation sites is 1. The normalized spacial score (nSPS) is 29.5.